The third-order valence-corrected chi connectivity index (χ3v) is 4.50. The zero-order valence-electron chi connectivity index (χ0n) is 14.8. The summed E-state index contributed by atoms with van der Waals surface area (Å²) in [4.78, 5) is 37.6. The molecule has 0 unspecified atom stereocenters. The van der Waals surface area contributed by atoms with Crippen molar-refractivity contribution in [2.75, 3.05) is 11.5 Å². The molecule has 0 spiro atoms. The molecule has 0 saturated carbocycles. The molecule has 2 amide bonds. The molecular formula is C20H17NO5S. The maximum absolute atomic E-state index is 12.7. The summed E-state index contributed by atoms with van der Waals surface area (Å²) in [7, 11) is 0. The first-order valence-corrected chi connectivity index (χ1v) is 9.09. The molecule has 2 aromatic rings. The number of amides is 2. The van der Waals surface area contributed by atoms with Gasteiger partial charge in [0.25, 0.3) is 11.1 Å². The first-order valence-electron chi connectivity index (χ1n) is 8.28. The topological polar surface area (TPSA) is 72.9 Å². The van der Waals surface area contributed by atoms with Crippen molar-refractivity contribution in [2.45, 2.75) is 13.8 Å². The van der Waals surface area contributed by atoms with Crippen LogP contribution in [0.3, 0.4) is 0 Å². The van der Waals surface area contributed by atoms with Crippen molar-refractivity contribution < 1.29 is 23.9 Å². The molecule has 6 nitrogen and oxygen atoms in total. The molecule has 7 heteroatoms. The number of ether oxygens (including phenoxy) is 2. The molecule has 1 aliphatic rings. The third kappa shape index (κ3) is 4.20. The maximum Gasteiger partial charge on any atom is 0.308 e. The molecular weight excluding hydrogens is 366 g/mol. The molecule has 2 aromatic carbocycles. The molecule has 0 atom stereocenters. The van der Waals surface area contributed by atoms with Gasteiger partial charge >= 0.3 is 5.97 Å². The van der Waals surface area contributed by atoms with Gasteiger partial charge in [0.2, 0.25) is 0 Å². The van der Waals surface area contributed by atoms with Crippen LogP contribution in [0.4, 0.5) is 10.5 Å². The molecule has 0 aliphatic carbocycles. The predicted octanol–water partition coefficient (Wildman–Crippen LogP) is 4.25. The minimum Gasteiger partial charge on any atom is -0.490 e. The van der Waals surface area contributed by atoms with Crippen molar-refractivity contribution in [3.05, 3.63) is 59.0 Å². The van der Waals surface area contributed by atoms with Crippen LogP contribution in [0, 0.1) is 0 Å². The number of esters is 1. The van der Waals surface area contributed by atoms with Gasteiger partial charge in [-0.2, -0.15) is 0 Å². The number of hydrogen-bond acceptors (Lipinski definition) is 6. The zero-order chi connectivity index (χ0) is 19.4. The standard InChI is InChI=1S/C20H17NO5S/c1-3-25-17-11-14(9-10-16(17)26-13(2)22)12-18-19(23)21(20(24)27-18)15-7-5-4-6-8-15/h4-12H,3H2,1-2H3/b18-12-. The van der Waals surface area contributed by atoms with Gasteiger partial charge in [0.15, 0.2) is 11.5 Å². The summed E-state index contributed by atoms with van der Waals surface area (Å²) in [5, 5.41) is -0.348. The summed E-state index contributed by atoms with van der Waals surface area (Å²) in [6.45, 7) is 3.51. The average Bonchev–Trinajstić information content (AvgIpc) is 2.91. The van der Waals surface area contributed by atoms with E-state index < -0.39 is 5.97 Å². The number of imide groups is 1. The van der Waals surface area contributed by atoms with E-state index in [9.17, 15) is 14.4 Å². The number of nitrogens with zero attached hydrogens (tertiary/aromatic N) is 1. The molecule has 3 rings (SSSR count). The van der Waals surface area contributed by atoms with Gasteiger partial charge < -0.3 is 9.47 Å². The van der Waals surface area contributed by atoms with Gasteiger partial charge in [-0.25, -0.2) is 4.90 Å². The number of rotatable bonds is 5. The number of para-hydroxylation sites is 1. The Morgan fingerprint density at radius 1 is 1.11 bits per heavy atom. The summed E-state index contributed by atoms with van der Waals surface area (Å²) in [5.41, 5.74) is 1.19. The van der Waals surface area contributed by atoms with Gasteiger partial charge in [0.1, 0.15) is 0 Å². The van der Waals surface area contributed by atoms with E-state index in [4.69, 9.17) is 9.47 Å². The molecule has 0 bridgehead atoms. The van der Waals surface area contributed by atoms with E-state index in [1.807, 2.05) is 13.0 Å². The fourth-order valence-corrected chi connectivity index (χ4v) is 3.38. The summed E-state index contributed by atoms with van der Waals surface area (Å²) >= 11 is 0.878. The number of thioether (sulfide) groups is 1. The first-order chi connectivity index (χ1) is 13.0. The normalized spacial score (nSPS) is 15.3. The number of carbonyl (C=O) groups is 3. The number of benzene rings is 2. The second-order valence-electron chi connectivity index (χ2n) is 5.59. The van der Waals surface area contributed by atoms with Crippen LogP contribution < -0.4 is 14.4 Å². The van der Waals surface area contributed by atoms with Gasteiger partial charge in [-0.15, -0.1) is 0 Å². The molecule has 0 N–H and O–H groups in total. The molecule has 138 valence electrons. The van der Waals surface area contributed by atoms with Gasteiger partial charge in [0, 0.05) is 6.92 Å². The lowest BCUT2D eigenvalue weighted by molar-refractivity contribution is -0.132. The highest BCUT2D eigenvalue weighted by molar-refractivity contribution is 8.19. The molecule has 0 radical (unpaired) electrons. The molecule has 27 heavy (non-hydrogen) atoms. The highest BCUT2D eigenvalue weighted by atomic mass is 32.2. The maximum atomic E-state index is 12.7. The van der Waals surface area contributed by atoms with Crippen molar-refractivity contribution in [1.29, 1.82) is 0 Å². The summed E-state index contributed by atoms with van der Waals surface area (Å²) in [6, 6.07) is 13.7. The van der Waals surface area contributed by atoms with Crippen LogP contribution in [0.5, 0.6) is 11.5 Å². The predicted molar refractivity (Wildman–Crippen MR) is 104 cm³/mol. The Bertz CT molecular complexity index is 923. The van der Waals surface area contributed by atoms with Crippen LogP contribution in [0.25, 0.3) is 6.08 Å². The SMILES string of the molecule is CCOc1cc(/C=C2\SC(=O)N(c3ccccc3)C2=O)ccc1OC(C)=O. The van der Waals surface area contributed by atoms with E-state index in [0.717, 1.165) is 16.7 Å². The molecule has 1 saturated heterocycles. The van der Waals surface area contributed by atoms with Gasteiger partial charge in [-0.3, -0.25) is 14.4 Å². The molecule has 0 aromatic heterocycles. The van der Waals surface area contributed by atoms with Crippen LogP contribution in [-0.2, 0) is 9.59 Å². The van der Waals surface area contributed by atoms with Crippen molar-refractivity contribution in [3.8, 4) is 11.5 Å². The highest BCUT2D eigenvalue weighted by Crippen LogP contribution is 2.37. The third-order valence-electron chi connectivity index (χ3n) is 3.63. The van der Waals surface area contributed by atoms with E-state index >= 15 is 0 Å². The smallest absolute Gasteiger partial charge is 0.308 e. The second kappa shape index (κ2) is 8.09. The Kier molecular flexibility index (Phi) is 5.61. The van der Waals surface area contributed by atoms with Crippen molar-refractivity contribution in [3.63, 3.8) is 0 Å². The van der Waals surface area contributed by atoms with Gasteiger partial charge in [-0.1, -0.05) is 24.3 Å². The second-order valence-corrected chi connectivity index (χ2v) is 6.58. The molecule has 1 fully saturated rings. The van der Waals surface area contributed by atoms with Gasteiger partial charge in [0.05, 0.1) is 17.2 Å². The Labute approximate surface area is 160 Å². The molecule has 1 aliphatic heterocycles. The minimum atomic E-state index is -0.451. The van der Waals surface area contributed by atoms with E-state index in [-0.39, 0.29) is 11.1 Å². The summed E-state index contributed by atoms with van der Waals surface area (Å²) in [5.74, 6) is -0.131. The highest BCUT2D eigenvalue weighted by Gasteiger charge is 2.36. The van der Waals surface area contributed by atoms with Crippen LogP contribution >= 0.6 is 11.8 Å². The fraction of sp³-hybridized carbons (Fsp3) is 0.150. The minimum absolute atomic E-state index is 0.305. The molecule has 1 heterocycles. The number of anilines is 1. The fourth-order valence-electron chi connectivity index (χ4n) is 2.54. The monoisotopic (exact) mass is 383 g/mol. The van der Waals surface area contributed by atoms with Crippen molar-refractivity contribution in [1.82, 2.24) is 0 Å². The van der Waals surface area contributed by atoms with Gasteiger partial charge in [-0.05, 0) is 54.6 Å². The Morgan fingerprint density at radius 2 is 1.85 bits per heavy atom. The van der Waals surface area contributed by atoms with Crippen molar-refractivity contribution in [2.24, 2.45) is 0 Å². The largest absolute Gasteiger partial charge is 0.490 e. The number of carbonyl (C=O) groups excluding carboxylic acids is 3. The Hall–Kier alpha value is -3.06. The van der Waals surface area contributed by atoms with E-state index in [1.54, 1.807) is 48.5 Å². The average molecular weight is 383 g/mol. The van der Waals surface area contributed by atoms with Crippen LogP contribution in [0.15, 0.2) is 53.4 Å². The number of hydrogen-bond donors (Lipinski definition) is 0. The Morgan fingerprint density at radius 3 is 2.52 bits per heavy atom. The quantitative estimate of drug-likeness (QED) is 0.437. The lowest BCUT2D eigenvalue weighted by Crippen LogP contribution is -2.27. The van der Waals surface area contributed by atoms with E-state index in [2.05, 4.69) is 0 Å². The van der Waals surface area contributed by atoms with Crippen molar-refractivity contribution >= 4 is 40.6 Å². The van der Waals surface area contributed by atoms with E-state index in [1.165, 1.54) is 6.92 Å². The first kappa shape index (κ1) is 18.7. The summed E-state index contributed by atoms with van der Waals surface area (Å²) < 4.78 is 10.6. The zero-order valence-corrected chi connectivity index (χ0v) is 15.6. The lowest BCUT2D eigenvalue weighted by atomic mass is 10.1. The Balaban J connectivity index is 1.90. The van der Waals surface area contributed by atoms with Crippen LogP contribution in [0.1, 0.15) is 19.4 Å². The lowest BCUT2D eigenvalue weighted by Gasteiger charge is -2.12. The van der Waals surface area contributed by atoms with E-state index in [0.29, 0.717) is 34.3 Å². The summed E-state index contributed by atoms with van der Waals surface area (Å²) in [6.07, 6.45) is 1.62. The van der Waals surface area contributed by atoms with Crippen LogP contribution in [-0.4, -0.2) is 23.7 Å². The van der Waals surface area contributed by atoms with Crippen LogP contribution in [0.2, 0.25) is 0 Å².